The van der Waals surface area contributed by atoms with Gasteiger partial charge in [0.25, 0.3) is 5.91 Å². The lowest BCUT2D eigenvalue weighted by Crippen LogP contribution is -2.43. The number of aryl methyl sites for hydroxylation is 1. The van der Waals surface area contributed by atoms with E-state index in [-0.39, 0.29) is 5.91 Å². The number of hydrogen-bond donors (Lipinski definition) is 1. The number of carbonyl (C=O) groups is 1. The second-order valence-corrected chi connectivity index (χ2v) is 8.38. The Hall–Kier alpha value is -2.55. The summed E-state index contributed by atoms with van der Waals surface area (Å²) in [7, 11) is 4.03. The molecule has 0 spiro atoms. The number of thiazole rings is 1. The van der Waals surface area contributed by atoms with Crippen LogP contribution in [0.2, 0.25) is 0 Å². The number of rotatable bonds is 6. The molecule has 2 aromatic heterocycles. The Bertz CT molecular complexity index is 973. The molecule has 1 aliphatic heterocycles. The highest BCUT2D eigenvalue weighted by molar-refractivity contribution is 7.13. The van der Waals surface area contributed by atoms with Crippen molar-refractivity contribution in [2.45, 2.75) is 13.1 Å². The third kappa shape index (κ3) is 5.09. The lowest BCUT2D eigenvalue weighted by atomic mass is 10.1. The molecule has 29 heavy (non-hydrogen) atoms. The fourth-order valence-corrected chi connectivity index (χ4v) is 4.19. The van der Waals surface area contributed by atoms with E-state index in [4.69, 9.17) is 0 Å². The summed E-state index contributed by atoms with van der Waals surface area (Å²) in [5, 5.41) is 9.74. The third-order valence-corrected chi connectivity index (χ3v) is 6.03. The van der Waals surface area contributed by atoms with Gasteiger partial charge in [0.2, 0.25) is 0 Å². The molecule has 0 unspecified atom stereocenters. The standard InChI is InChI=1S/C21H26N6OS/c1-25-6-8-27(9-7-25)13-17-5-3-4-16(10-17)11-22-20(28)19-15-29-21(24-19)18-12-23-26(2)14-18/h3-5,10,12,14-15H,6-9,11,13H2,1-2H3,(H,22,28). The fraction of sp³-hybridized carbons (Fsp3) is 0.381. The number of piperazine rings is 1. The van der Waals surface area contributed by atoms with E-state index in [0.717, 1.165) is 48.9 Å². The summed E-state index contributed by atoms with van der Waals surface area (Å²) in [6.07, 6.45) is 3.65. The fourth-order valence-electron chi connectivity index (χ4n) is 3.42. The molecule has 1 aromatic carbocycles. The van der Waals surface area contributed by atoms with Gasteiger partial charge in [-0.1, -0.05) is 24.3 Å². The van der Waals surface area contributed by atoms with E-state index in [0.29, 0.717) is 12.2 Å². The van der Waals surface area contributed by atoms with Crippen molar-refractivity contribution in [1.82, 2.24) is 29.9 Å². The minimum Gasteiger partial charge on any atom is -0.347 e. The van der Waals surface area contributed by atoms with Gasteiger partial charge in [0.15, 0.2) is 0 Å². The maximum atomic E-state index is 12.5. The zero-order valence-corrected chi connectivity index (χ0v) is 17.7. The van der Waals surface area contributed by atoms with Gasteiger partial charge >= 0.3 is 0 Å². The predicted octanol–water partition coefficient (Wildman–Crippen LogP) is 2.22. The molecule has 1 fully saturated rings. The minimum atomic E-state index is -0.152. The van der Waals surface area contributed by atoms with Crippen LogP contribution >= 0.6 is 11.3 Å². The van der Waals surface area contributed by atoms with Crippen molar-refractivity contribution < 1.29 is 4.79 Å². The first kappa shape index (κ1) is 19.8. The monoisotopic (exact) mass is 410 g/mol. The largest absolute Gasteiger partial charge is 0.347 e. The molecule has 1 saturated heterocycles. The van der Waals surface area contributed by atoms with Crippen LogP contribution in [0.15, 0.2) is 42.0 Å². The van der Waals surface area contributed by atoms with Crippen molar-refractivity contribution in [3.8, 4) is 10.6 Å². The van der Waals surface area contributed by atoms with E-state index in [1.807, 2.05) is 13.2 Å². The number of carbonyl (C=O) groups excluding carboxylic acids is 1. The number of benzene rings is 1. The molecule has 7 nitrogen and oxygen atoms in total. The second kappa shape index (κ2) is 8.86. The normalized spacial score (nSPS) is 15.5. The van der Waals surface area contributed by atoms with Crippen molar-refractivity contribution in [3.05, 3.63) is 58.9 Å². The molecule has 0 aliphatic carbocycles. The van der Waals surface area contributed by atoms with E-state index < -0.39 is 0 Å². The van der Waals surface area contributed by atoms with Crippen LogP contribution in [0.3, 0.4) is 0 Å². The van der Waals surface area contributed by atoms with Gasteiger partial charge in [-0.15, -0.1) is 11.3 Å². The SMILES string of the molecule is CN1CCN(Cc2cccc(CNC(=O)c3csc(-c4cnn(C)c4)n3)c2)CC1. The van der Waals surface area contributed by atoms with Gasteiger partial charge in [-0.25, -0.2) is 4.98 Å². The lowest BCUT2D eigenvalue weighted by molar-refractivity contribution is 0.0946. The van der Waals surface area contributed by atoms with Crippen molar-refractivity contribution in [2.75, 3.05) is 33.2 Å². The average molecular weight is 411 g/mol. The maximum Gasteiger partial charge on any atom is 0.271 e. The summed E-state index contributed by atoms with van der Waals surface area (Å²) in [5.74, 6) is -0.152. The van der Waals surface area contributed by atoms with Crippen LogP contribution in [-0.4, -0.2) is 63.7 Å². The Morgan fingerprint density at radius 3 is 2.72 bits per heavy atom. The molecule has 0 radical (unpaired) electrons. The van der Waals surface area contributed by atoms with Crippen LogP contribution in [0.25, 0.3) is 10.6 Å². The number of nitrogens with zero attached hydrogens (tertiary/aromatic N) is 5. The summed E-state index contributed by atoms with van der Waals surface area (Å²) in [6.45, 7) is 5.88. The first-order valence-electron chi connectivity index (χ1n) is 9.78. The summed E-state index contributed by atoms with van der Waals surface area (Å²) in [4.78, 5) is 21.8. The Balaban J connectivity index is 1.33. The van der Waals surface area contributed by atoms with E-state index in [1.54, 1.807) is 16.3 Å². The molecule has 0 atom stereocenters. The summed E-state index contributed by atoms with van der Waals surface area (Å²) < 4.78 is 1.73. The summed E-state index contributed by atoms with van der Waals surface area (Å²) in [5.41, 5.74) is 3.76. The Morgan fingerprint density at radius 1 is 1.17 bits per heavy atom. The topological polar surface area (TPSA) is 66.3 Å². The highest BCUT2D eigenvalue weighted by atomic mass is 32.1. The molecule has 1 N–H and O–H groups in total. The van der Waals surface area contributed by atoms with Gasteiger partial charge in [-0.3, -0.25) is 14.4 Å². The summed E-state index contributed by atoms with van der Waals surface area (Å²) in [6, 6.07) is 8.46. The number of hydrogen-bond acceptors (Lipinski definition) is 6. The highest BCUT2D eigenvalue weighted by Gasteiger charge is 2.15. The van der Waals surface area contributed by atoms with Gasteiger partial charge < -0.3 is 10.2 Å². The summed E-state index contributed by atoms with van der Waals surface area (Å²) >= 11 is 1.45. The smallest absolute Gasteiger partial charge is 0.271 e. The minimum absolute atomic E-state index is 0.152. The van der Waals surface area contributed by atoms with Gasteiger partial charge in [-0.2, -0.15) is 5.10 Å². The van der Waals surface area contributed by atoms with Crippen LogP contribution in [-0.2, 0) is 20.1 Å². The van der Waals surface area contributed by atoms with Gasteiger partial charge in [-0.05, 0) is 18.2 Å². The molecule has 3 heterocycles. The van der Waals surface area contributed by atoms with Crippen LogP contribution in [0, 0.1) is 0 Å². The van der Waals surface area contributed by atoms with Gasteiger partial charge in [0, 0.05) is 63.5 Å². The molecule has 0 bridgehead atoms. The molecule has 0 saturated carbocycles. The maximum absolute atomic E-state index is 12.5. The van der Waals surface area contributed by atoms with E-state index in [2.05, 4.69) is 56.5 Å². The number of nitrogens with one attached hydrogen (secondary N) is 1. The van der Waals surface area contributed by atoms with Crippen molar-refractivity contribution in [2.24, 2.45) is 7.05 Å². The molecule has 1 amide bonds. The van der Waals surface area contributed by atoms with Crippen LogP contribution in [0.4, 0.5) is 0 Å². The quantitative estimate of drug-likeness (QED) is 0.675. The Labute approximate surface area is 175 Å². The zero-order valence-electron chi connectivity index (χ0n) is 16.8. The first-order valence-corrected chi connectivity index (χ1v) is 10.7. The van der Waals surface area contributed by atoms with Gasteiger partial charge in [0.05, 0.1) is 6.20 Å². The molecule has 1 aliphatic rings. The Kier molecular flexibility index (Phi) is 6.03. The van der Waals surface area contributed by atoms with E-state index in [1.165, 1.54) is 16.9 Å². The zero-order chi connectivity index (χ0) is 20.2. The third-order valence-electron chi connectivity index (χ3n) is 5.14. The first-order chi connectivity index (χ1) is 14.1. The second-order valence-electron chi connectivity index (χ2n) is 7.52. The van der Waals surface area contributed by atoms with Gasteiger partial charge in [0.1, 0.15) is 10.7 Å². The van der Waals surface area contributed by atoms with Crippen LogP contribution < -0.4 is 5.32 Å². The van der Waals surface area contributed by atoms with Crippen molar-refractivity contribution in [1.29, 1.82) is 0 Å². The lowest BCUT2D eigenvalue weighted by Gasteiger charge is -2.32. The van der Waals surface area contributed by atoms with Crippen LogP contribution in [0.5, 0.6) is 0 Å². The predicted molar refractivity (Wildman–Crippen MR) is 115 cm³/mol. The van der Waals surface area contributed by atoms with E-state index >= 15 is 0 Å². The number of aromatic nitrogens is 3. The Morgan fingerprint density at radius 2 is 1.97 bits per heavy atom. The molecule has 8 heteroatoms. The highest BCUT2D eigenvalue weighted by Crippen LogP contribution is 2.23. The van der Waals surface area contributed by atoms with Crippen molar-refractivity contribution >= 4 is 17.2 Å². The molecule has 152 valence electrons. The molecule has 4 rings (SSSR count). The average Bonchev–Trinajstić information content (AvgIpc) is 3.37. The molecular formula is C21H26N6OS. The molecular weight excluding hydrogens is 384 g/mol. The van der Waals surface area contributed by atoms with Crippen LogP contribution in [0.1, 0.15) is 21.6 Å². The number of amides is 1. The molecule has 3 aromatic rings. The number of likely N-dealkylation sites (N-methyl/N-ethyl adjacent to an activating group) is 1. The van der Waals surface area contributed by atoms with E-state index in [9.17, 15) is 4.79 Å². The van der Waals surface area contributed by atoms with Crippen molar-refractivity contribution in [3.63, 3.8) is 0 Å².